The van der Waals surface area contributed by atoms with Crippen molar-refractivity contribution < 1.29 is 9.50 Å². The molecular formula is C13H10FO. The molecule has 1 radical (unpaired) electrons. The normalized spacial score (nSPS) is 10.3. The minimum atomic E-state index is -0.250. The van der Waals surface area contributed by atoms with E-state index < -0.39 is 0 Å². The molecule has 75 valence electrons. The maximum atomic E-state index is 12.9. The highest BCUT2D eigenvalue weighted by Crippen LogP contribution is 2.20. The van der Waals surface area contributed by atoms with Crippen LogP contribution in [-0.4, -0.2) is 0 Å². The molecule has 0 fully saturated rings. The first-order chi connectivity index (χ1) is 7.29. The van der Waals surface area contributed by atoms with Gasteiger partial charge in [0.05, 0.1) is 0 Å². The van der Waals surface area contributed by atoms with Gasteiger partial charge < -0.3 is 0 Å². The molecule has 0 atom stereocenters. The van der Waals surface area contributed by atoms with Crippen molar-refractivity contribution in [3.8, 4) is 11.1 Å². The monoisotopic (exact) mass is 201 g/mol. The second-order valence-corrected chi connectivity index (χ2v) is 3.35. The van der Waals surface area contributed by atoms with Gasteiger partial charge in [0, 0.05) is 0 Å². The summed E-state index contributed by atoms with van der Waals surface area (Å²) in [6.07, 6.45) is 0. The molecule has 15 heavy (non-hydrogen) atoms. The number of hydrogen-bond donors (Lipinski definition) is 0. The standard InChI is InChI=1S/C13H10FO/c14-13-3-1-2-12(8-13)11-6-4-10(9-15)5-7-11/h1-8H,9H2. The predicted octanol–water partition coefficient (Wildman–Crippen LogP) is 3.42. The largest absolute Gasteiger partial charge is 0.232 e. The molecule has 1 nitrogen and oxygen atoms in total. The van der Waals surface area contributed by atoms with Gasteiger partial charge in [-0.05, 0) is 28.8 Å². The predicted molar refractivity (Wildman–Crippen MR) is 56.2 cm³/mol. The quantitative estimate of drug-likeness (QED) is 0.709. The van der Waals surface area contributed by atoms with Gasteiger partial charge in [0.1, 0.15) is 12.4 Å². The Bertz CT molecular complexity index is 448. The van der Waals surface area contributed by atoms with Crippen LogP contribution in [-0.2, 0) is 11.7 Å². The van der Waals surface area contributed by atoms with Crippen LogP contribution in [0.4, 0.5) is 4.39 Å². The van der Waals surface area contributed by atoms with Crippen LogP contribution in [0.3, 0.4) is 0 Å². The fraction of sp³-hybridized carbons (Fsp3) is 0.0769. The third-order valence-corrected chi connectivity index (χ3v) is 2.28. The average molecular weight is 201 g/mol. The SMILES string of the molecule is [O]Cc1ccc(-c2cccc(F)c2)cc1. The highest BCUT2D eigenvalue weighted by Gasteiger charge is 1.99. The second kappa shape index (κ2) is 4.24. The van der Waals surface area contributed by atoms with Crippen molar-refractivity contribution in [2.45, 2.75) is 6.61 Å². The minimum absolute atomic E-state index is 0.219. The molecule has 0 unspecified atom stereocenters. The summed E-state index contributed by atoms with van der Waals surface area (Å²) in [7, 11) is 0. The lowest BCUT2D eigenvalue weighted by atomic mass is 10.0. The van der Waals surface area contributed by atoms with Crippen molar-refractivity contribution in [2.24, 2.45) is 0 Å². The first-order valence-electron chi connectivity index (χ1n) is 4.72. The summed E-state index contributed by atoms with van der Waals surface area (Å²) in [6, 6.07) is 13.6. The summed E-state index contributed by atoms with van der Waals surface area (Å²) in [5.74, 6) is -0.250. The Kier molecular flexibility index (Phi) is 2.79. The Labute approximate surface area is 87.8 Å². The van der Waals surface area contributed by atoms with E-state index in [4.69, 9.17) is 0 Å². The number of halogens is 1. The zero-order valence-corrected chi connectivity index (χ0v) is 8.11. The van der Waals surface area contributed by atoms with E-state index in [9.17, 15) is 9.50 Å². The molecule has 0 amide bonds. The number of hydrogen-bond acceptors (Lipinski definition) is 0. The van der Waals surface area contributed by atoms with Gasteiger partial charge in [0.15, 0.2) is 0 Å². The fourth-order valence-electron chi connectivity index (χ4n) is 1.46. The smallest absolute Gasteiger partial charge is 0.123 e. The van der Waals surface area contributed by atoms with Crippen molar-refractivity contribution in [1.29, 1.82) is 0 Å². The molecule has 0 aliphatic carbocycles. The summed E-state index contributed by atoms with van der Waals surface area (Å²) in [5.41, 5.74) is 2.49. The van der Waals surface area contributed by atoms with E-state index in [0.29, 0.717) is 0 Å². The van der Waals surface area contributed by atoms with Gasteiger partial charge in [-0.15, -0.1) is 0 Å². The molecule has 0 bridgehead atoms. The summed E-state index contributed by atoms with van der Waals surface area (Å²) >= 11 is 0. The average Bonchev–Trinajstić information content (AvgIpc) is 2.29. The molecule has 0 saturated carbocycles. The van der Waals surface area contributed by atoms with Crippen LogP contribution in [0.5, 0.6) is 0 Å². The molecule has 2 rings (SSSR count). The maximum absolute atomic E-state index is 12.9. The molecule has 0 heterocycles. The van der Waals surface area contributed by atoms with Crippen molar-refractivity contribution >= 4 is 0 Å². The van der Waals surface area contributed by atoms with Crippen LogP contribution in [0.2, 0.25) is 0 Å². The Morgan fingerprint density at radius 3 is 2.27 bits per heavy atom. The van der Waals surface area contributed by atoms with Crippen molar-refractivity contribution in [1.82, 2.24) is 0 Å². The Morgan fingerprint density at radius 2 is 1.67 bits per heavy atom. The van der Waals surface area contributed by atoms with Gasteiger partial charge in [-0.2, -0.15) is 0 Å². The zero-order chi connectivity index (χ0) is 10.7. The third-order valence-electron chi connectivity index (χ3n) is 2.28. The van der Waals surface area contributed by atoms with E-state index in [1.165, 1.54) is 12.1 Å². The molecule has 0 spiro atoms. The molecule has 0 aromatic heterocycles. The van der Waals surface area contributed by atoms with Crippen molar-refractivity contribution in [3.63, 3.8) is 0 Å². The molecule has 2 aromatic rings. The van der Waals surface area contributed by atoms with E-state index >= 15 is 0 Å². The van der Waals surface area contributed by atoms with Crippen LogP contribution < -0.4 is 0 Å². The Morgan fingerprint density at radius 1 is 0.933 bits per heavy atom. The van der Waals surface area contributed by atoms with Crippen molar-refractivity contribution in [2.75, 3.05) is 0 Å². The Balaban J connectivity index is 2.37. The lowest BCUT2D eigenvalue weighted by Gasteiger charge is -2.02. The van der Waals surface area contributed by atoms with Gasteiger partial charge in [-0.25, -0.2) is 9.50 Å². The molecular weight excluding hydrogens is 191 g/mol. The highest BCUT2D eigenvalue weighted by molar-refractivity contribution is 5.63. The third kappa shape index (κ3) is 2.22. The van der Waals surface area contributed by atoms with Gasteiger partial charge in [0.2, 0.25) is 0 Å². The second-order valence-electron chi connectivity index (χ2n) is 3.35. The first kappa shape index (κ1) is 9.87. The fourth-order valence-corrected chi connectivity index (χ4v) is 1.46. The van der Waals surface area contributed by atoms with Crippen molar-refractivity contribution in [3.05, 3.63) is 59.9 Å². The van der Waals surface area contributed by atoms with Crippen LogP contribution >= 0.6 is 0 Å². The summed E-state index contributed by atoms with van der Waals surface area (Å²) in [4.78, 5) is 0. The molecule has 0 aliphatic heterocycles. The van der Waals surface area contributed by atoms with Crippen LogP contribution in [0.1, 0.15) is 5.56 Å². The van der Waals surface area contributed by atoms with E-state index in [1.54, 1.807) is 18.2 Å². The van der Waals surface area contributed by atoms with Gasteiger partial charge in [0.25, 0.3) is 0 Å². The first-order valence-corrected chi connectivity index (χ1v) is 4.72. The van der Waals surface area contributed by atoms with E-state index in [2.05, 4.69) is 0 Å². The highest BCUT2D eigenvalue weighted by atomic mass is 19.1. The maximum Gasteiger partial charge on any atom is 0.123 e. The topological polar surface area (TPSA) is 19.9 Å². The lowest BCUT2D eigenvalue weighted by molar-refractivity contribution is 0.177. The molecule has 2 heteroatoms. The van der Waals surface area contributed by atoms with Crippen LogP contribution in [0.15, 0.2) is 48.5 Å². The van der Waals surface area contributed by atoms with Crippen LogP contribution in [0, 0.1) is 5.82 Å². The van der Waals surface area contributed by atoms with E-state index in [0.717, 1.165) is 16.7 Å². The zero-order valence-electron chi connectivity index (χ0n) is 8.11. The van der Waals surface area contributed by atoms with Gasteiger partial charge in [-0.1, -0.05) is 36.4 Å². The van der Waals surface area contributed by atoms with E-state index in [-0.39, 0.29) is 12.4 Å². The lowest BCUT2D eigenvalue weighted by Crippen LogP contribution is -1.83. The van der Waals surface area contributed by atoms with Crippen LogP contribution in [0.25, 0.3) is 11.1 Å². The summed E-state index contributed by atoms with van der Waals surface area (Å²) < 4.78 is 12.9. The molecule has 2 aromatic carbocycles. The Hall–Kier alpha value is -1.67. The number of benzene rings is 2. The summed E-state index contributed by atoms with van der Waals surface area (Å²) in [6.45, 7) is -0.219. The van der Waals surface area contributed by atoms with Gasteiger partial charge >= 0.3 is 0 Å². The number of rotatable bonds is 2. The minimum Gasteiger partial charge on any atom is -0.232 e. The molecule has 0 N–H and O–H groups in total. The van der Waals surface area contributed by atoms with E-state index in [1.807, 2.05) is 18.2 Å². The molecule has 0 aliphatic rings. The summed E-state index contributed by atoms with van der Waals surface area (Å²) in [5, 5.41) is 10.6. The van der Waals surface area contributed by atoms with Gasteiger partial charge in [-0.3, -0.25) is 0 Å². The molecule has 0 saturated heterocycles.